The molecule has 1 aliphatic carbocycles. The third kappa shape index (κ3) is 4.02. The number of nitrogens with one attached hydrogen (secondary N) is 1. The first-order valence-electron chi connectivity index (χ1n) is 10.6. The number of fused-ring (bicyclic) bond motifs is 1. The van der Waals surface area contributed by atoms with Crippen molar-refractivity contribution in [2.45, 2.75) is 31.2 Å². The number of halogens is 1. The number of likely N-dealkylation sites (N-methyl/N-ethyl adjacent to an activating group) is 1. The normalized spacial score (nSPS) is 18.2. The Morgan fingerprint density at radius 1 is 1.09 bits per heavy atom. The summed E-state index contributed by atoms with van der Waals surface area (Å²) in [4.78, 5) is 52.2. The van der Waals surface area contributed by atoms with Crippen molar-refractivity contribution in [1.82, 2.24) is 15.1 Å². The van der Waals surface area contributed by atoms with Gasteiger partial charge in [-0.2, -0.15) is 5.10 Å². The predicted octanol–water partition coefficient (Wildman–Crippen LogP) is 3.23. The van der Waals surface area contributed by atoms with Crippen LogP contribution in [-0.4, -0.2) is 46.4 Å². The number of aromatic nitrogens is 2. The van der Waals surface area contributed by atoms with Gasteiger partial charge in [-0.3, -0.25) is 14.4 Å². The number of Topliss-reactive ketones (excluding diaryl/α,β-unsaturated/α-hetero) is 1. The van der Waals surface area contributed by atoms with E-state index in [4.69, 9.17) is 16.3 Å². The number of rotatable bonds is 5. The molecule has 0 bridgehead atoms. The van der Waals surface area contributed by atoms with E-state index in [1.807, 2.05) is 0 Å². The SMILES string of the molecule is CN(C(=O)COC(=O)c1n[nH]c(=O)c2ccccc12)C1(c2ccccc2Cl)CCCCC1=O. The Hall–Kier alpha value is -3.52. The number of ether oxygens (including phenoxy) is 1. The lowest BCUT2D eigenvalue weighted by Gasteiger charge is -2.43. The largest absolute Gasteiger partial charge is 0.451 e. The van der Waals surface area contributed by atoms with E-state index < -0.39 is 29.6 Å². The second-order valence-corrected chi connectivity index (χ2v) is 8.35. The van der Waals surface area contributed by atoms with E-state index in [0.29, 0.717) is 28.8 Å². The lowest BCUT2D eigenvalue weighted by Crippen LogP contribution is -2.55. The monoisotopic (exact) mass is 467 g/mol. The lowest BCUT2D eigenvalue weighted by molar-refractivity contribution is -0.150. The number of H-pyrrole nitrogens is 1. The predicted molar refractivity (Wildman–Crippen MR) is 122 cm³/mol. The Balaban J connectivity index is 1.58. The quantitative estimate of drug-likeness (QED) is 0.577. The summed E-state index contributed by atoms with van der Waals surface area (Å²) in [6.45, 7) is -0.593. The van der Waals surface area contributed by atoms with E-state index in [1.165, 1.54) is 11.9 Å². The van der Waals surface area contributed by atoms with Gasteiger partial charge in [0, 0.05) is 29.4 Å². The van der Waals surface area contributed by atoms with Crippen LogP contribution in [0.2, 0.25) is 5.02 Å². The maximum absolute atomic E-state index is 13.1. The topological polar surface area (TPSA) is 109 Å². The molecule has 1 amide bonds. The molecule has 2 aromatic carbocycles. The minimum Gasteiger partial charge on any atom is -0.451 e. The highest BCUT2D eigenvalue weighted by Gasteiger charge is 2.48. The molecule has 8 nitrogen and oxygen atoms in total. The Morgan fingerprint density at radius 3 is 2.52 bits per heavy atom. The molecule has 33 heavy (non-hydrogen) atoms. The zero-order chi connectivity index (χ0) is 23.6. The number of amides is 1. The fourth-order valence-corrected chi connectivity index (χ4v) is 4.70. The molecule has 1 N–H and O–H groups in total. The summed E-state index contributed by atoms with van der Waals surface area (Å²) >= 11 is 6.42. The summed E-state index contributed by atoms with van der Waals surface area (Å²) in [5, 5.41) is 7.06. The van der Waals surface area contributed by atoms with E-state index in [2.05, 4.69) is 10.2 Å². The lowest BCUT2D eigenvalue weighted by atomic mass is 9.74. The van der Waals surface area contributed by atoms with Gasteiger partial charge in [-0.05, 0) is 31.4 Å². The smallest absolute Gasteiger partial charge is 0.359 e. The van der Waals surface area contributed by atoms with Crippen LogP contribution in [0.25, 0.3) is 10.8 Å². The average Bonchev–Trinajstić information content (AvgIpc) is 2.83. The highest BCUT2D eigenvalue weighted by Crippen LogP contribution is 2.42. The zero-order valence-corrected chi connectivity index (χ0v) is 18.7. The fraction of sp³-hybridized carbons (Fsp3) is 0.292. The minimum atomic E-state index is -1.22. The molecule has 0 spiro atoms. The van der Waals surface area contributed by atoms with Gasteiger partial charge in [-0.1, -0.05) is 48.0 Å². The van der Waals surface area contributed by atoms with Crippen molar-refractivity contribution in [3.63, 3.8) is 0 Å². The second kappa shape index (κ2) is 9.15. The van der Waals surface area contributed by atoms with E-state index in [0.717, 1.165) is 12.8 Å². The van der Waals surface area contributed by atoms with Gasteiger partial charge in [0.1, 0.15) is 5.54 Å². The van der Waals surface area contributed by atoms with Crippen LogP contribution in [-0.2, 0) is 19.9 Å². The number of benzene rings is 2. The molecule has 4 rings (SSSR count). The van der Waals surface area contributed by atoms with E-state index >= 15 is 0 Å². The number of esters is 1. The summed E-state index contributed by atoms with van der Waals surface area (Å²) < 4.78 is 5.24. The summed E-state index contributed by atoms with van der Waals surface area (Å²) in [5.74, 6) is -1.50. The Morgan fingerprint density at radius 2 is 1.79 bits per heavy atom. The molecule has 9 heteroatoms. The van der Waals surface area contributed by atoms with Gasteiger partial charge in [-0.25, -0.2) is 9.89 Å². The van der Waals surface area contributed by atoms with Crippen LogP contribution >= 0.6 is 11.6 Å². The van der Waals surface area contributed by atoms with Crippen molar-refractivity contribution in [2.24, 2.45) is 0 Å². The molecule has 3 aromatic rings. The van der Waals surface area contributed by atoms with Crippen molar-refractivity contribution in [2.75, 3.05) is 13.7 Å². The summed E-state index contributed by atoms with van der Waals surface area (Å²) in [7, 11) is 1.52. The van der Waals surface area contributed by atoms with Crippen LogP contribution in [0.5, 0.6) is 0 Å². The molecule has 1 unspecified atom stereocenters. The van der Waals surface area contributed by atoms with Crippen LogP contribution in [0.4, 0.5) is 0 Å². The van der Waals surface area contributed by atoms with Gasteiger partial charge >= 0.3 is 5.97 Å². The molecule has 1 atom stereocenters. The van der Waals surface area contributed by atoms with Gasteiger partial charge in [0.15, 0.2) is 18.1 Å². The van der Waals surface area contributed by atoms with Gasteiger partial charge in [0.2, 0.25) is 0 Å². The number of carbonyl (C=O) groups is 3. The number of nitrogens with zero attached hydrogens (tertiary/aromatic N) is 2. The molecule has 0 saturated heterocycles. The molecule has 1 heterocycles. The summed E-state index contributed by atoms with van der Waals surface area (Å²) in [6, 6.07) is 13.4. The van der Waals surface area contributed by atoms with Crippen molar-refractivity contribution in [3.05, 3.63) is 75.2 Å². The standard InChI is InChI=1S/C24H22ClN3O5/c1-28(24(13-7-6-12-19(24)29)17-10-4-5-11-18(17)25)20(30)14-33-23(32)21-15-8-2-3-9-16(15)22(31)27-26-21/h2-5,8-11H,6-7,12-14H2,1H3,(H,27,31). The molecule has 0 aliphatic heterocycles. The van der Waals surface area contributed by atoms with Gasteiger partial charge in [0.25, 0.3) is 11.5 Å². The molecule has 1 aromatic heterocycles. The van der Waals surface area contributed by atoms with Crippen LogP contribution in [0, 0.1) is 0 Å². The Bertz CT molecular complexity index is 1300. The molecular weight excluding hydrogens is 446 g/mol. The Labute approximate surface area is 194 Å². The van der Waals surface area contributed by atoms with E-state index in [9.17, 15) is 19.2 Å². The maximum atomic E-state index is 13.1. The summed E-state index contributed by atoms with van der Waals surface area (Å²) in [5.41, 5.74) is -1.19. The number of ketones is 1. The average molecular weight is 468 g/mol. The Kier molecular flexibility index (Phi) is 6.29. The number of carbonyl (C=O) groups excluding carboxylic acids is 3. The molecule has 1 saturated carbocycles. The fourth-order valence-electron chi connectivity index (χ4n) is 4.41. The molecule has 1 aliphatic rings. The van der Waals surface area contributed by atoms with Gasteiger partial charge < -0.3 is 9.64 Å². The second-order valence-electron chi connectivity index (χ2n) is 7.95. The highest BCUT2D eigenvalue weighted by atomic mass is 35.5. The van der Waals surface area contributed by atoms with Crippen LogP contribution < -0.4 is 5.56 Å². The highest BCUT2D eigenvalue weighted by molar-refractivity contribution is 6.31. The van der Waals surface area contributed by atoms with Gasteiger partial charge in [0.05, 0.1) is 5.39 Å². The van der Waals surface area contributed by atoms with Crippen molar-refractivity contribution in [1.29, 1.82) is 0 Å². The van der Waals surface area contributed by atoms with Crippen LogP contribution in [0.3, 0.4) is 0 Å². The molecule has 170 valence electrons. The minimum absolute atomic E-state index is 0.0997. The molecule has 1 fully saturated rings. The first kappa shape index (κ1) is 22.7. The number of hydrogen-bond donors (Lipinski definition) is 1. The first-order chi connectivity index (χ1) is 15.9. The van der Waals surface area contributed by atoms with Crippen molar-refractivity contribution in [3.8, 4) is 0 Å². The third-order valence-corrected chi connectivity index (χ3v) is 6.47. The zero-order valence-electron chi connectivity index (χ0n) is 18.0. The summed E-state index contributed by atoms with van der Waals surface area (Å²) in [6.07, 6.45) is 2.25. The van der Waals surface area contributed by atoms with Crippen LogP contribution in [0.15, 0.2) is 53.3 Å². The number of aromatic amines is 1. The third-order valence-electron chi connectivity index (χ3n) is 6.14. The molecule has 0 radical (unpaired) electrons. The van der Waals surface area contributed by atoms with Gasteiger partial charge in [-0.15, -0.1) is 0 Å². The number of hydrogen-bond acceptors (Lipinski definition) is 6. The van der Waals surface area contributed by atoms with E-state index in [-0.39, 0.29) is 16.9 Å². The van der Waals surface area contributed by atoms with E-state index in [1.54, 1.807) is 48.5 Å². The molecular formula is C24H22ClN3O5. The van der Waals surface area contributed by atoms with Crippen molar-refractivity contribution >= 4 is 40.0 Å². The first-order valence-corrected chi connectivity index (χ1v) is 10.9. The van der Waals surface area contributed by atoms with Crippen LogP contribution in [0.1, 0.15) is 41.7 Å². The maximum Gasteiger partial charge on any atom is 0.359 e. The van der Waals surface area contributed by atoms with Crippen molar-refractivity contribution < 1.29 is 19.1 Å².